The molecular formula is C21H21N3OS2. The first-order valence-corrected chi connectivity index (χ1v) is 10.8. The minimum Gasteiger partial charge on any atom is -0.493 e. The van der Waals surface area contributed by atoms with Crippen LogP contribution in [0, 0.1) is 6.92 Å². The number of imidazole rings is 1. The van der Waals surface area contributed by atoms with E-state index in [1.54, 1.807) is 23.1 Å². The van der Waals surface area contributed by atoms with Crippen molar-refractivity contribution in [2.45, 2.75) is 24.2 Å². The molecule has 2 heterocycles. The van der Waals surface area contributed by atoms with Gasteiger partial charge >= 0.3 is 0 Å². The van der Waals surface area contributed by atoms with Crippen molar-refractivity contribution in [1.29, 1.82) is 0 Å². The monoisotopic (exact) mass is 395 g/mol. The van der Waals surface area contributed by atoms with E-state index < -0.39 is 0 Å². The third kappa shape index (κ3) is 4.34. The number of hydrogen-bond acceptors (Lipinski definition) is 5. The van der Waals surface area contributed by atoms with Gasteiger partial charge in [-0.05, 0) is 42.7 Å². The van der Waals surface area contributed by atoms with Crippen LogP contribution in [0.4, 0.5) is 0 Å². The van der Waals surface area contributed by atoms with Gasteiger partial charge in [0, 0.05) is 23.9 Å². The molecule has 0 amide bonds. The largest absolute Gasteiger partial charge is 0.493 e. The fourth-order valence-electron chi connectivity index (χ4n) is 2.99. The minimum absolute atomic E-state index is 0.719. The van der Waals surface area contributed by atoms with Gasteiger partial charge in [-0.1, -0.05) is 36.0 Å². The molecular weight excluding hydrogens is 374 g/mol. The number of fused-ring (bicyclic) bond motifs is 1. The lowest BCUT2D eigenvalue weighted by Crippen LogP contribution is -2.04. The Bertz CT molecular complexity index is 1010. The lowest BCUT2D eigenvalue weighted by Gasteiger charge is -2.13. The number of ether oxygens (including phenoxy) is 1. The summed E-state index contributed by atoms with van der Waals surface area (Å²) >= 11 is 3.48. The Morgan fingerprint density at radius 3 is 2.93 bits per heavy atom. The molecule has 0 spiro atoms. The average molecular weight is 396 g/mol. The van der Waals surface area contributed by atoms with Crippen LogP contribution in [-0.2, 0) is 6.54 Å². The molecule has 4 aromatic rings. The van der Waals surface area contributed by atoms with E-state index in [2.05, 4.69) is 51.8 Å². The van der Waals surface area contributed by atoms with E-state index >= 15 is 0 Å². The normalized spacial score (nSPS) is 11.1. The van der Waals surface area contributed by atoms with Crippen LogP contribution < -0.4 is 4.74 Å². The third-order valence-electron chi connectivity index (χ3n) is 4.45. The van der Waals surface area contributed by atoms with Crippen LogP contribution in [0.2, 0.25) is 0 Å². The predicted octanol–water partition coefficient (Wildman–Crippen LogP) is 5.41. The number of hydrogen-bond donors (Lipinski definition) is 0. The highest BCUT2D eigenvalue weighted by Crippen LogP contribution is 2.25. The molecule has 2 aromatic heterocycles. The smallest absolute Gasteiger partial charge is 0.149 e. The van der Waals surface area contributed by atoms with E-state index in [0.717, 1.165) is 46.4 Å². The van der Waals surface area contributed by atoms with E-state index in [-0.39, 0.29) is 0 Å². The van der Waals surface area contributed by atoms with E-state index in [4.69, 9.17) is 4.74 Å². The number of para-hydroxylation sites is 2. The van der Waals surface area contributed by atoms with Crippen molar-refractivity contribution < 1.29 is 4.74 Å². The van der Waals surface area contributed by atoms with Gasteiger partial charge in [-0.3, -0.25) is 0 Å². The molecule has 0 N–H and O–H groups in total. The van der Waals surface area contributed by atoms with Gasteiger partial charge in [0.15, 0.2) is 0 Å². The zero-order valence-corrected chi connectivity index (χ0v) is 16.8. The molecule has 4 nitrogen and oxygen atoms in total. The quantitative estimate of drug-likeness (QED) is 0.295. The van der Waals surface area contributed by atoms with Crippen molar-refractivity contribution in [2.75, 3.05) is 12.4 Å². The van der Waals surface area contributed by atoms with Crippen LogP contribution in [-0.4, -0.2) is 26.9 Å². The number of aromatic nitrogens is 3. The molecule has 0 bridgehead atoms. The molecule has 0 unspecified atom stereocenters. The van der Waals surface area contributed by atoms with Gasteiger partial charge in [-0.15, -0.1) is 11.3 Å². The summed E-state index contributed by atoms with van der Waals surface area (Å²) < 4.78 is 9.36. The van der Waals surface area contributed by atoms with Gasteiger partial charge in [0.1, 0.15) is 10.1 Å². The Hall–Kier alpha value is -2.31. The molecule has 27 heavy (non-hydrogen) atoms. The van der Waals surface area contributed by atoms with E-state index in [1.807, 2.05) is 30.0 Å². The molecule has 138 valence electrons. The Balaban J connectivity index is 1.37. The maximum atomic E-state index is 6.05. The lowest BCUT2D eigenvalue weighted by atomic mass is 10.1. The molecule has 4 rings (SSSR count). The molecule has 0 aliphatic carbocycles. The number of rotatable bonds is 8. The first kappa shape index (κ1) is 18.1. The van der Waals surface area contributed by atoms with Gasteiger partial charge in [0.25, 0.3) is 0 Å². The topological polar surface area (TPSA) is 39.9 Å². The molecule has 0 radical (unpaired) electrons. The first-order valence-electron chi connectivity index (χ1n) is 8.95. The summed E-state index contributed by atoms with van der Waals surface area (Å²) in [5.74, 6) is 1.99. The van der Waals surface area contributed by atoms with E-state index in [0.29, 0.717) is 0 Å². The Labute approximate surface area is 167 Å². The fraction of sp³-hybridized carbons (Fsp3) is 0.238. The van der Waals surface area contributed by atoms with Crippen molar-refractivity contribution in [2.24, 2.45) is 0 Å². The molecule has 0 saturated heterocycles. The zero-order valence-electron chi connectivity index (χ0n) is 15.2. The van der Waals surface area contributed by atoms with Crippen molar-refractivity contribution in [3.63, 3.8) is 0 Å². The van der Waals surface area contributed by atoms with Crippen LogP contribution in [0.5, 0.6) is 5.75 Å². The minimum atomic E-state index is 0.719. The van der Waals surface area contributed by atoms with Crippen LogP contribution in [0.1, 0.15) is 17.5 Å². The molecule has 0 aliphatic heterocycles. The van der Waals surface area contributed by atoms with Crippen molar-refractivity contribution in [3.05, 3.63) is 71.5 Å². The second-order valence-corrected chi connectivity index (χ2v) is 8.49. The maximum Gasteiger partial charge on any atom is 0.149 e. The number of nitrogens with zero attached hydrogens (tertiary/aromatic N) is 3. The highest BCUT2D eigenvalue weighted by Gasteiger charge is 2.08. The summed E-state index contributed by atoms with van der Waals surface area (Å²) in [6.07, 6.45) is 4.76. The van der Waals surface area contributed by atoms with Crippen molar-refractivity contribution >= 4 is 34.1 Å². The first-order chi connectivity index (χ1) is 13.3. The average Bonchev–Trinajstić information content (AvgIpc) is 3.34. The summed E-state index contributed by atoms with van der Waals surface area (Å²) in [4.78, 5) is 8.77. The Morgan fingerprint density at radius 2 is 2.04 bits per heavy atom. The third-order valence-corrected chi connectivity index (χ3v) is 6.50. The number of benzene rings is 2. The van der Waals surface area contributed by atoms with Gasteiger partial charge < -0.3 is 9.30 Å². The molecule has 6 heteroatoms. The van der Waals surface area contributed by atoms with E-state index in [1.165, 1.54) is 11.1 Å². The lowest BCUT2D eigenvalue weighted by molar-refractivity contribution is 0.316. The summed E-state index contributed by atoms with van der Waals surface area (Å²) in [6, 6.07) is 14.5. The number of thiazole rings is 1. The molecule has 0 fully saturated rings. The van der Waals surface area contributed by atoms with Crippen LogP contribution in [0.25, 0.3) is 11.0 Å². The SMILES string of the molecule is Cc1c(Cn2cnc3ccccc32)cccc1OCCCSc1nccs1. The summed E-state index contributed by atoms with van der Waals surface area (Å²) in [6.45, 7) is 3.65. The summed E-state index contributed by atoms with van der Waals surface area (Å²) in [7, 11) is 0. The van der Waals surface area contributed by atoms with Crippen LogP contribution in [0.15, 0.2) is 64.7 Å². The summed E-state index contributed by atoms with van der Waals surface area (Å²) in [5, 5.41) is 2.01. The molecule has 0 aliphatic rings. The highest BCUT2D eigenvalue weighted by atomic mass is 32.2. The van der Waals surface area contributed by atoms with Gasteiger partial charge in [0.2, 0.25) is 0 Å². The second-order valence-electron chi connectivity index (χ2n) is 6.25. The Kier molecular flexibility index (Phi) is 5.75. The molecule has 2 aromatic carbocycles. The van der Waals surface area contributed by atoms with Crippen LogP contribution in [0.3, 0.4) is 0 Å². The fourth-order valence-corrected chi connectivity index (χ4v) is 4.61. The van der Waals surface area contributed by atoms with Gasteiger partial charge in [0.05, 0.1) is 24.0 Å². The zero-order chi connectivity index (χ0) is 18.5. The Morgan fingerprint density at radius 1 is 1.11 bits per heavy atom. The van der Waals surface area contributed by atoms with Crippen molar-refractivity contribution in [3.8, 4) is 5.75 Å². The maximum absolute atomic E-state index is 6.05. The molecule has 0 saturated carbocycles. The van der Waals surface area contributed by atoms with Crippen molar-refractivity contribution in [1.82, 2.24) is 14.5 Å². The molecule has 0 atom stereocenters. The van der Waals surface area contributed by atoms with E-state index in [9.17, 15) is 0 Å². The second kappa shape index (κ2) is 8.59. The summed E-state index contributed by atoms with van der Waals surface area (Å²) in [5.41, 5.74) is 4.64. The standard InChI is InChI=1S/C21H21N3OS2/c1-16-17(14-24-15-23-18-7-2-3-8-19(18)24)6-4-9-20(16)25-11-5-12-26-21-22-10-13-27-21/h2-4,6-10,13,15H,5,11-12,14H2,1H3. The predicted molar refractivity (Wildman–Crippen MR) is 113 cm³/mol. The van der Waals surface area contributed by atoms with Gasteiger partial charge in [-0.25, -0.2) is 9.97 Å². The number of thioether (sulfide) groups is 1. The van der Waals surface area contributed by atoms with Gasteiger partial charge in [-0.2, -0.15) is 0 Å². The highest BCUT2D eigenvalue weighted by molar-refractivity contribution is 8.00. The van der Waals surface area contributed by atoms with Crippen LogP contribution >= 0.6 is 23.1 Å².